The Kier molecular flexibility index (Phi) is 5.07. The fourth-order valence-corrected chi connectivity index (χ4v) is 2.21. The highest BCUT2D eigenvalue weighted by atomic mass is 32.2. The molecule has 1 saturated heterocycles. The van der Waals surface area contributed by atoms with Gasteiger partial charge in [0.1, 0.15) is 6.10 Å². The Balaban J connectivity index is 2.07. The fraction of sp³-hybridized carbons (Fsp3) is 0.667. The maximum Gasteiger partial charge on any atom is 0.221 e. The molecular formula is C12H19N3O2S. The maximum atomic E-state index is 5.88. The molecule has 2 heterocycles. The summed E-state index contributed by atoms with van der Waals surface area (Å²) in [6, 6.07) is 1.76. The zero-order valence-corrected chi connectivity index (χ0v) is 11.6. The lowest BCUT2D eigenvalue weighted by Gasteiger charge is -2.23. The van der Waals surface area contributed by atoms with E-state index in [9.17, 15) is 0 Å². The van der Waals surface area contributed by atoms with E-state index in [1.54, 1.807) is 6.07 Å². The lowest BCUT2D eigenvalue weighted by molar-refractivity contribution is 0.158. The Labute approximate surface area is 112 Å². The van der Waals surface area contributed by atoms with Crippen LogP contribution in [-0.2, 0) is 0 Å². The van der Waals surface area contributed by atoms with Crippen LogP contribution in [0.1, 0.15) is 19.8 Å². The van der Waals surface area contributed by atoms with Crippen molar-refractivity contribution in [3.63, 3.8) is 0 Å². The van der Waals surface area contributed by atoms with E-state index >= 15 is 0 Å². The molecule has 1 fully saturated rings. The van der Waals surface area contributed by atoms with Crippen LogP contribution in [0.15, 0.2) is 11.2 Å². The van der Waals surface area contributed by atoms with Gasteiger partial charge in [-0.15, -0.1) is 0 Å². The number of nitrogens with zero attached hydrogens (tertiary/aromatic N) is 2. The van der Waals surface area contributed by atoms with Crippen molar-refractivity contribution in [1.82, 2.24) is 15.3 Å². The molecule has 6 heteroatoms. The largest absolute Gasteiger partial charge is 0.478 e. The third-order valence-corrected chi connectivity index (χ3v) is 3.22. The van der Waals surface area contributed by atoms with Gasteiger partial charge < -0.3 is 14.8 Å². The van der Waals surface area contributed by atoms with Crippen LogP contribution in [0.5, 0.6) is 11.8 Å². The molecule has 1 unspecified atom stereocenters. The summed E-state index contributed by atoms with van der Waals surface area (Å²) in [5.41, 5.74) is 0. The average Bonchev–Trinajstić information content (AvgIpc) is 2.40. The smallest absolute Gasteiger partial charge is 0.221 e. The lowest BCUT2D eigenvalue weighted by atomic mass is 10.1. The first-order chi connectivity index (χ1) is 8.81. The Morgan fingerprint density at radius 1 is 1.44 bits per heavy atom. The summed E-state index contributed by atoms with van der Waals surface area (Å²) in [7, 11) is 0. The molecule has 0 saturated carbocycles. The standard InChI is InChI=1S/C12H19N3O2S/c1-3-16-10-7-11(15-12(14-10)18-2)17-9-5-4-6-13-8-9/h7,9,13H,3-6,8H2,1-2H3. The molecule has 2 rings (SSSR count). The Morgan fingerprint density at radius 3 is 2.94 bits per heavy atom. The second-order valence-electron chi connectivity index (χ2n) is 4.05. The number of nitrogens with one attached hydrogen (secondary N) is 1. The van der Waals surface area contributed by atoms with Crippen LogP contribution in [-0.4, -0.2) is 42.0 Å². The third-order valence-electron chi connectivity index (χ3n) is 2.67. The minimum absolute atomic E-state index is 0.192. The van der Waals surface area contributed by atoms with E-state index in [4.69, 9.17) is 9.47 Å². The zero-order valence-electron chi connectivity index (χ0n) is 10.8. The van der Waals surface area contributed by atoms with E-state index < -0.39 is 0 Å². The van der Waals surface area contributed by atoms with Crippen molar-refractivity contribution in [1.29, 1.82) is 0 Å². The molecule has 0 amide bonds. The molecule has 1 aromatic heterocycles. The van der Waals surface area contributed by atoms with Gasteiger partial charge >= 0.3 is 0 Å². The Morgan fingerprint density at radius 2 is 2.28 bits per heavy atom. The number of thioether (sulfide) groups is 1. The van der Waals surface area contributed by atoms with Gasteiger partial charge in [-0.1, -0.05) is 11.8 Å². The third kappa shape index (κ3) is 3.74. The molecule has 5 nitrogen and oxygen atoms in total. The average molecular weight is 269 g/mol. The Hall–Kier alpha value is -1.01. The van der Waals surface area contributed by atoms with Gasteiger partial charge in [0.25, 0.3) is 0 Å². The van der Waals surface area contributed by atoms with Crippen LogP contribution in [0.2, 0.25) is 0 Å². The highest BCUT2D eigenvalue weighted by Gasteiger charge is 2.16. The summed E-state index contributed by atoms with van der Waals surface area (Å²) in [6.45, 7) is 4.48. The van der Waals surface area contributed by atoms with Gasteiger partial charge in [0.15, 0.2) is 5.16 Å². The molecule has 0 radical (unpaired) electrons. The van der Waals surface area contributed by atoms with Gasteiger partial charge in [0.05, 0.1) is 12.7 Å². The molecule has 100 valence electrons. The Bertz CT molecular complexity index is 384. The molecule has 18 heavy (non-hydrogen) atoms. The summed E-state index contributed by atoms with van der Waals surface area (Å²) >= 11 is 1.49. The van der Waals surface area contributed by atoms with Crippen molar-refractivity contribution in [3.05, 3.63) is 6.07 Å². The molecule has 0 aliphatic carbocycles. The fourth-order valence-electron chi connectivity index (χ4n) is 1.85. The SMILES string of the molecule is CCOc1cc(OC2CCCNC2)nc(SC)n1. The van der Waals surface area contributed by atoms with Crippen molar-refractivity contribution in [2.45, 2.75) is 31.0 Å². The molecule has 0 bridgehead atoms. The minimum Gasteiger partial charge on any atom is -0.478 e. The van der Waals surface area contributed by atoms with Crippen LogP contribution >= 0.6 is 11.8 Å². The van der Waals surface area contributed by atoms with Crippen LogP contribution in [0.3, 0.4) is 0 Å². The number of hydrogen-bond donors (Lipinski definition) is 1. The van der Waals surface area contributed by atoms with Crippen molar-refractivity contribution >= 4 is 11.8 Å². The monoisotopic (exact) mass is 269 g/mol. The highest BCUT2D eigenvalue weighted by molar-refractivity contribution is 7.98. The van der Waals surface area contributed by atoms with Gasteiger partial charge in [0.2, 0.25) is 11.8 Å². The summed E-state index contributed by atoms with van der Waals surface area (Å²) < 4.78 is 11.3. The van der Waals surface area contributed by atoms with Gasteiger partial charge in [-0.25, -0.2) is 0 Å². The van der Waals surface area contributed by atoms with Crippen molar-refractivity contribution in [2.24, 2.45) is 0 Å². The number of aromatic nitrogens is 2. The van der Waals surface area contributed by atoms with Crippen LogP contribution in [0.4, 0.5) is 0 Å². The molecule has 0 aromatic carbocycles. The van der Waals surface area contributed by atoms with E-state index in [0.29, 0.717) is 23.5 Å². The number of rotatable bonds is 5. The quantitative estimate of drug-likeness (QED) is 0.649. The van der Waals surface area contributed by atoms with E-state index in [1.165, 1.54) is 11.8 Å². The number of ether oxygens (including phenoxy) is 2. The lowest BCUT2D eigenvalue weighted by Crippen LogP contribution is -2.37. The topological polar surface area (TPSA) is 56.3 Å². The molecule has 1 aliphatic heterocycles. The maximum absolute atomic E-state index is 5.88. The van der Waals surface area contributed by atoms with Gasteiger partial charge in [0, 0.05) is 6.54 Å². The van der Waals surface area contributed by atoms with Crippen LogP contribution in [0.25, 0.3) is 0 Å². The van der Waals surface area contributed by atoms with Gasteiger partial charge in [-0.3, -0.25) is 0 Å². The number of hydrogen-bond acceptors (Lipinski definition) is 6. The summed E-state index contributed by atoms with van der Waals surface area (Å²) in [6.07, 6.45) is 4.34. The molecule has 1 aromatic rings. The molecule has 1 atom stereocenters. The van der Waals surface area contributed by atoms with E-state index in [-0.39, 0.29) is 6.10 Å². The van der Waals surface area contributed by atoms with Gasteiger partial charge in [-0.2, -0.15) is 9.97 Å². The predicted octanol–water partition coefficient (Wildman–Crippen LogP) is 1.73. The molecule has 0 spiro atoms. The molecule has 1 N–H and O–H groups in total. The summed E-state index contributed by atoms with van der Waals surface area (Å²) in [4.78, 5) is 8.62. The summed E-state index contributed by atoms with van der Waals surface area (Å²) in [5.74, 6) is 1.18. The normalized spacial score (nSPS) is 19.6. The number of piperidine rings is 1. The van der Waals surface area contributed by atoms with Crippen LogP contribution < -0.4 is 14.8 Å². The first kappa shape index (κ1) is 13.4. The van der Waals surface area contributed by atoms with Gasteiger partial charge in [-0.05, 0) is 32.6 Å². The van der Waals surface area contributed by atoms with E-state index in [2.05, 4.69) is 15.3 Å². The molecule has 1 aliphatic rings. The minimum atomic E-state index is 0.192. The van der Waals surface area contributed by atoms with E-state index in [1.807, 2.05) is 13.2 Å². The zero-order chi connectivity index (χ0) is 12.8. The molecular weight excluding hydrogens is 250 g/mol. The van der Waals surface area contributed by atoms with E-state index in [0.717, 1.165) is 25.9 Å². The van der Waals surface area contributed by atoms with Crippen molar-refractivity contribution in [3.8, 4) is 11.8 Å². The van der Waals surface area contributed by atoms with Crippen molar-refractivity contribution < 1.29 is 9.47 Å². The highest BCUT2D eigenvalue weighted by Crippen LogP contribution is 2.22. The summed E-state index contributed by atoms with van der Waals surface area (Å²) in [5, 5.41) is 4.00. The first-order valence-electron chi connectivity index (χ1n) is 6.25. The van der Waals surface area contributed by atoms with Crippen LogP contribution in [0, 0.1) is 0 Å². The van der Waals surface area contributed by atoms with Crippen molar-refractivity contribution in [2.75, 3.05) is 26.0 Å². The first-order valence-corrected chi connectivity index (χ1v) is 7.47. The second-order valence-corrected chi connectivity index (χ2v) is 4.82. The second kappa shape index (κ2) is 6.80. The predicted molar refractivity (Wildman–Crippen MR) is 71.5 cm³/mol.